The Morgan fingerprint density at radius 2 is 0.622 bits per heavy atom. The molecule has 0 saturated heterocycles. The average Bonchev–Trinajstić information content (AvgIpc) is 3.36. The summed E-state index contributed by atoms with van der Waals surface area (Å²) in [5.41, 5.74) is 0. The van der Waals surface area contributed by atoms with Gasteiger partial charge < -0.3 is 33.8 Å². The highest BCUT2D eigenvalue weighted by atomic mass is 31.2. The molecule has 0 saturated carbocycles. The van der Waals surface area contributed by atoms with Crippen molar-refractivity contribution in [2.24, 2.45) is 5.92 Å². The lowest BCUT2D eigenvalue weighted by atomic mass is 10.0. The molecule has 0 aromatic heterocycles. The molecule has 3 N–H and O–H groups in total. The Labute approximate surface area is 447 Å². The first-order valence-corrected chi connectivity index (χ1v) is 32.1. The van der Waals surface area contributed by atoms with E-state index in [1.165, 1.54) is 57.8 Å². The van der Waals surface area contributed by atoms with Gasteiger partial charge in [0.05, 0.1) is 26.4 Å². The van der Waals surface area contributed by atoms with Gasteiger partial charge in [-0.2, -0.15) is 0 Å². The summed E-state index contributed by atoms with van der Waals surface area (Å²) in [6.45, 7) is 6.99. The van der Waals surface area contributed by atoms with E-state index in [-0.39, 0.29) is 25.7 Å². The molecule has 0 aromatic carbocycles. The maximum absolute atomic E-state index is 12.9. The molecule has 2 unspecified atom stereocenters. The summed E-state index contributed by atoms with van der Waals surface area (Å²) in [5.74, 6) is -1.42. The van der Waals surface area contributed by atoms with Crippen molar-refractivity contribution in [3.63, 3.8) is 0 Å². The topological polar surface area (TPSA) is 237 Å². The zero-order valence-corrected chi connectivity index (χ0v) is 48.7. The van der Waals surface area contributed by atoms with Crippen LogP contribution in [-0.4, -0.2) is 96.7 Å². The molecule has 0 heterocycles. The fourth-order valence-corrected chi connectivity index (χ4v) is 9.57. The van der Waals surface area contributed by atoms with E-state index in [1.54, 1.807) is 0 Å². The fraction of sp³-hybridized carbons (Fsp3) is 0.927. The Morgan fingerprint density at radius 1 is 0.365 bits per heavy atom. The van der Waals surface area contributed by atoms with E-state index in [9.17, 15) is 43.2 Å². The van der Waals surface area contributed by atoms with Crippen LogP contribution in [0.25, 0.3) is 0 Å². The van der Waals surface area contributed by atoms with Crippen LogP contribution in [0.4, 0.5) is 0 Å². The highest BCUT2D eigenvalue weighted by Crippen LogP contribution is 2.45. The van der Waals surface area contributed by atoms with Crippen LogP contribution in [0.1, 0.15) is 266 Å². The normalized spacial score (nSPS) is 14.5. The second kappa shape index (κ2) is 49.4. The van der Waals surface area contributed by atoms with E-state index in [1.807, 2.05) is 0 Å². The molecule has 0 fully saturated rings. The Morgan fingerprint density at radius 3 is 0.919 bits per heavy atom. The van der Waals surface area contributed by atoms with Gasteiger partial charge in [-0.25, -0.2) is 9.13 Å². The minimum atomic E-state index is -4.93. The summed E-state index contributed by atoms with van der Waals surface area (Å²) in [6, 6.07) is 0. The maximum atomic E-state index is 12.9. The first-order chi connectivity index (χ1) is 35.5. The van der Waals surface area contributed by atoms with Crippen LogP contribution in [0.15, 0.2) is 0 Å². The third-order valence-corrected chi connectivity index (χ3v) is 14.4. The van der Waals surface area contributed by atoms with Crippen LogP contribution in [0.2, 0.25) is 0 Å². The minimum Gasteiger partial charge on any atom is -0.462 e. The molecule has 0 amide bonds. The zero-order chi connectivity index (χ0) is 55.0. The van der Waals surface area contributed by atoms with E-state index in [2.05, 4.69) is 34.6 Å². The van der Waals surface area contributed by atoms with Crippen molar-refractivity contribution in [1.82, 2.24) is 0 Å². The van der Waals surface area contributed by atoms with Crippen LogP contribution in [0.5, 0.6) is 0 Å². The lowest BCUT2D eigenvalue weighted by Crippen LogP contribution is -2.30. The molecular weight excluding hydrogens is 995 g/mol. The van der Waals surface area contributed by atoms with Gasteiger partial charge in [0.1, 0.15) is 19.3 Å². The summed E-state index contributed by atoms with van der Waals surface area (Å²) in [7, 11) is -9.85. The highest BCUT2D eigenvalue weighted by Gasteiger charge is 2.30. The monoisotopic (exact) mass is 1100 g/mol. The standard InChI is InChI=1S/C55H106O17P2/c1-6-9-12-15-18-25-29-34-39-53(58)66-45-51(72-55(60)41-36-31-26-21-19-20-24-27-32-37-48(4)5)47-70-74(63,64)68-43-49(56)42-67-73(61,62)69-46-50(71-54(59)40-35-30-23-17-14-11-8-3)44-65-52(57)38-33-28-22-16-13-10-7-2/h48-51,56H,6-47H2,1-5H3,(H,61,62)(H,63,64)/t49-,50+,51+/m0/s1. The lowest BCUT2D eigenvalue weighted by Gasteiger charge is -2.21. The van der Waals surface area contributed by atoms with Gasteiger partial charge in [0.2, 0.25) is 0 Å². The van der Waals surface area contributed by atoms with Gasteiger partial charge in [0.15, 0.2) is 12.2 Å². The number of hydrogen-bond acceptors (Lipinski definition) is 15. The number of phosphoric ester groups is 2. The van der Waals surface area contributed by atoms with Crippen LogP contribution in [0.3, 0.4) is 0 Å². The van der Waals surface area contributed by atoms with Crippen molar-refractivity contribution in [2.45, 2.75) is 284 Å². The molecule has 0 bridgehead atoms. The summed E-state index contributed by atoms with van der Waals surface area (Å²) >= 11 is 0. The fourth-order valence-electron chi connectivity index (χ4n) is 7.99. The zero-order valence-electron chi connectivity index (χ0n) is 47.0. The lowest BCUT2D eigenvalue weighted by molar-refractivity contribution is -0.161. The molecular formula is C55H106O17P2. The second-order valence-electron chi connectivity index (χ2n) is 20.4. The number of carbonyl (C=O) groups is 4. The van der Waals surface area contributed by atoms with Crippen molar-refractivity contribution in [3.05, 3.63) is 0 Å². The van der Waals surface area contributed by atoms with Crippen LogP contribution in [-0.2, 0) is 65.4 Å². The molecule has 17 nitrogen and oxygen atoms in total. The molecule has 0 radical (unpaired) electrons. The van der Waals surface area contributed by atoms with Crippen molar-refractivity contribution in [2.75, 3.05) is 39.6 Å². The molecule has 0 spiro atoms. The van der Waals surface area contributed by atoms with Crippen molar-refractivity contribution >= 4 is 39.5 Å². The molecule has 0 aliphatic rings. The molecule has 438 valence electrons. The number of hydrogen-bond donors (Lipinski definition) is 3. The van der Waals surface area contributed by atoms with Crippen molar-refractivity contribution < 1.29 is 80.2 Å². The van der Waals surface area contributed by atoms with E-state index in [4.69, 9.17) is 37.0 Å². The van der Waals surface area contributed by atoms with E-state index in [0.29, 0.717) is 25.7 Å². The molecule has 74 heavy (non-hydrogen) atoms. The summed E-state index contributed by atoms with van der Waals surface area (Å²) in [4.78, 5) is 71.5. The summed E-state index contributed by atoms with van der Waals surface area (Å²) in [6.07, 6.45) is 29.6. The number of aliphatic hydroxyl groups is 1. The van der Waals surface area contributed by atoms with Gasteiger partial charge >= 0.3 is 39.5 Å². The van der Waals surface area contributed by atoms with Crippen LogP contribution in [0, 0.1) is 5.92 Å². The van der Waals surface area contributed by atoms with Crippen LogP contribution < -0.4 is 0 Å². The van der Waals surface area contributed by atoms with Gasteiger partial charge in [-0.15, -0.1) is 0 Å². The maximum Gasteiger partial charge on any atom is 0.472 e. The van der Waals surface area contributed by atoms with Crippen LogP contribution >= 0.6 is 15.6 Å². The summed E-state index contributed by atoms with van der Waals surface area (Å²) < 4.78 is 67.4. The van der Waals surface area contributed by atoms with Gasteiger partial charge in [-0.05, 0) is 31.6 Å². The molecule has 5 atom stereocenters. The summed E-state index contributed by atoms with van der Waals surface area (Å²) in [5, 5.41) is 10.4. The van der Waals surface area contributed by atoms with Crippen molar-refractivity contribution in [1.29, 1.82) is 0 Å². The van der Waals surface area contributed by atoms with Gasteiger partial charge in [-0.3, -0.25) is 37.3 Å². The Kier molecular flexibility index (Phi) is 48.1. The first-order valence-electron chi connectivity index (χ1n) is 29.1. The molecule has 0 aliphatic heterocycles. The first kappa shape index (κ1) is 72.1. The third kappa shape index (κ3) is 49.6. The molecule has 0 aromatic rings. The number of esters is 4. The minimum absolute atomic E-state index is 0.103. The van der Waals surface area contributed by atoms with E-state index < -0.39 is 97.5 Å². The number of phosphoric acid groups is 2. The predicted octanol–water partition coefficient (Wildman–Crippen LogP) is 14.3. The Hall–Kier alpha value is -1.94. The number of carbonyl (C=O) groups excluding carboxylic acids is 4. The smallest absolute Gasteiger partial charge is 0.462 e. The van der Waals surface area contributed by atoms with Gasteiger partial charge in [0.25, 0.3) is 0 Å². The number of ether oxygens (including phenoxy) is 4. The molecule has 0 rings (SSSR count). The number of rotatable bonds is 55. The number of aliphatic hydroxyl groups excluding tert-OH is 1. The van der Waals surface area contributed by atoms with E-state index in [0.717, 1.165) is 128 Å². The SMILES string of the molecule is CCCCCCCCCCC(=O)OC[C@H](COP(=O)(O)OC[C@@H](O)COP(=O)(O)OC[C@@H](COC(=O)CCCCCCCCC)OC(=O)CCCCCCCCC)OC(=O)CCCCCCCCCCCC(C)C. The average molecular weight is 1100 g/mol. The molecule has 0 aliphatic carbocycles. The highest BCUT2D eigenvalue weighted by molar-refractivity contribution is 7.47. The van der Waals surface area contributed by atoms with Gasteiger partial charge in [-0.1, -0.05) is 214 Å². The second-order valence-corrected chi connectivity index (χ2v) is 23.4. The largest absolute Gasteiger partial charge is 0.472 e. The van der Waals surface area contributed by atoms with Gasteiger partial charge in [0, 0.05) is 25.7 Å². The third-order valence-electron chi connectivity index (χ3n) is 12.5. The van der Waals surface area contributed by atoms with Crippen molar-refractivity contribution in [3.8, 4) is 0 Å². The Balaban J connectivity index is 5.18. The quantitative estimate of drug-likeness (QED) is 0.0222. The number of unbranched alkanes of at least 4 members (excludes halogenated alkanes) is 27. The molecule has 19 heteroatoms. The van der Waals surface area contributed by atoms with E-state index >= 15 is 0 Å². The Bertz CT molecular complexity index is 1470. The predicted molar refractivity (Wildman–Crippen MR) is 289 cm³/mol.